The van der Waals surface area contributed by atoms with Gasteiger partial charge in [-0.3, -0.25) is 14.3 Å². The van der Waals surface area contributed by atoms with Gasteiger partial charge in [-0.1, -0.05) is 0 Å². The average Bonchev–Trinajstić information content (AvgIpc) is 2.54. The van der Waals surface area contributed by atoms with E-state index in [1.165, 1.54) is 6.92 Å². The highest BCUT2D eigenvalue weighted by molar-refractivity contribution is 4.99. The van der Waals surface area contributed by atoms with Gasteiger partial charge >= 0.3 is 5.69 Å². The van der Waals surface area contributed by atoms with Crippen LogP contribution in [-0.4, -0.2) is 49.8 Å². The Kier molecular flexibility index (Phi) is 4.28. The number of hydrogen-bond acceptors (Lipinski definition) is 7. The van der Waals surface area contributed by atoms with Crippen LogP contribution in [0.5, 0.6) is 0 Å². The quantitative estimate of drug-likeness (QED) is 0.398. The predicted molar refractivity (Wildman–Crippen MR) is 64.0 cm³/mol. The molecule has 0 spiro atoms. The largest absolute Gasteiger partial charge is 0.394 e. The first-order valence-electron chi connectivity index (χ1n) is 5.37. The van der Waals surface area contributed by atoms with Crippen LogP contribution < -0.4 is 17.4 Å². The number of aromatic nitrogens is 2. The van der Waals surface area contributed by atoms with Crippen LogP contribution in [0.3, 0.4) is 0 Å². The zero-order valence-corrected chi connectivity index (χ0v) is 10.3. The molecule has 0 amide bonds. The Labute approximate surface area is 107 Å². The first-order valence-corrected chi connectivity index (χ1v) is 5.37. The van der Waals surface area contributed by atoms with Gasteiger partial charge in [0.2, 0.25) is 0 Å². The molecule has 1 aliphatic heterocycles. The molecule has 0 bridgehead atoms. The minimum Gasteiger partial charge on any atom is -0.394 e. The van der Waals surface area contributed by atoms with Crippen molar-refractivity contribution in [2.75, 3.05) is 6.61 Å². The number of aliphatic hydroxyl groups is 3. The molecule has 4 atom stereocenters. The average molecular weight is 275 g/mol. The van der Waals surface area contributed by atoms with E-state index in [-0.39, 0.29) is 6.15 Å². The van der Waals surface area contributed by atoms with Crippen molar-refractivity contribution in [1.29, 1.82) is 0 Å². The van der Waals surface area contributed by atoms with E-state index in [4.69, 9.17) is 9.84 Å². The van der Waals surface area contributed by atoms with E-state index in [9.17, 15) is 19.8 Å². The lowest BCUT2D eigenvalue weighted by Crippen LogP contribution is -2.49. The van der Waals surface area contributed by atoms with Crippen molar-refractivity contribution in [1.82, 2.24) is 15.7 Å². The topological polar surface area (TPSA) is 160 Å². The van der Waals surface area contributed by atoms with Gasteiger partial charge in [0.15, 0.2) is 5.72 Å². The Hall–Kier alpha value is -1.52. The second-order valence-corrected chi connectivity index (χ2v) is 4.31. The normalized spacial score (nSPS) is 34.0. The monoisotopic (exact) mass is 275 g/mol. The molecule has 1 aromatic heterocycles. The molecule has 0 aliphatic carbocycles. The lowest BCUT2D eigenvalue weighted by Gasteiger charge is -2.29. The summed E-state index contributed by atoms with van der Waals surface area (Å²) in [7, 11) is 0. The molecule has 1 aliphatic rings. The summed E-state index contributed by atoms with van der Waals surface area (Å²) in [5, 5.41) is 28.6. The van der Waals surface area contributed by atoms with E-state index < -0.39 is 41.9 Å². The van der Waals surface area contributed by atoms with E-state index in [0.29, 0.717) is 0 Å². The van der Waals surface area contributed by atoms with Gasteiger partial charge in [0.05, 0.1) is 6.61 Å². The van der Waals surface area contributed by atoms with Crippen LogP contribution in [0.4, 0.5) is 0 Å². The molecule has 1 saturated heterocycles. The van der Waals surface area contributed by atoms with Gasteiger partial charge in [-0.05, 0) is 6.92 Å². The fourth-order valence-corrected chi connectivity index (χ4v) is 2.08. The highest BCUT2D eigenvalue weighted by atomic mass is 16.6. The highest BCUT2D eigenvalue weighted by Crippen LogP contribution is 2.33. The lowest BCUT2D eigenvalue weighted by molar-refractivity contribution is -0.137. The number of H-pyrrole nitrogens is 1. The van der Waals surface area contributed by atoms with Crippen molar-refractivity contribution in [2.45, 2.75) is 31.0 Å². The molecular formula is C10H17N3O6. The van der Waals surface area contributed by atoms with Crippen molar-refractivity contribution in [3.8, 4) is 0 Å². The van der Waals surface area contributed by atoms with Crippen molar-refractivity contribution in [2.24, 2.45) is 0 Å². The van der Waals surface area contributed by atoms with E-state index in [1.54, 1.807) is 0 Å². The molecule has 0 radical (unpaired) electrons. The Morgan fingerprint density at radius 1 is 1.47 bits per heavy atom. The standard InChI is InChI=1S/C10H14N2O6.H3N/c1-10(8(16)7(15)5(4-13)18-10)12-3-2-6(14)11-9(12)17;/h2-3,5,7-8,13,15-16H,4H2,1H3,(H,11,14,17);1H3/t5-,7-,8-,10-;/m1./s1. The summed E-state index contributed by atoms with van der Waals surface area (Å²) in [6.07, 6.45) is -2.56. The van der Waals surface area contributed by atoms with Crippen LogP contribution in [-0.2, 0) is 10.5 Å². The van der Waals surface area contributed by atoms with Crippen LogP contribution in [0, 0.1) is 0 Å². The fourth-order valence-electron chi connectivity index (χ4n) is 2.08. The number of rotatable bonds is 2. The summed E-state index contributed by atoms with van der Waals surface area (Å²) in [4.78, 5) is 24.6. The molecular weight excluding hydrogens is 258 g/mol. The molecule has 108 valence electrons. The Bertz CT molecular complexity index is 555. The van der Waals surface area contributed by atoms with Crippen molar-refractivity contribution < 1.29 is 20.1 Å². The van der Waals surface area contributed by atoms with Crippen LogP contribution in [0.25, 0.3) is 0 Å². The lowest BCUT2D eigenvalue weighted by atomic mass is 10.0. The molecule has 0 aromatic carbocycles. The Morgan fingerprint density at radius 2 is 2.11 bits per heavy atom. The second-order valence-electron chi connectivity index (χ2n) is 4.31. The third kappa shape index (κ3) is 2.33. The van der Waals surface area contributed by atoms with E-state index >= 15 is 0 Å². The number of ether oxygens (including phenoxy) is 1. The molecule has 0 saturated carbocycles. The molecule has 1 fully saturated rings. The number of aromatic amines is 1. The number of nitrogens with zero attached hydrogens (tertiary/aromatic N) is 1. The van der Waals surface area contributed by atoms with E-state index in [2.05, 4.69) is 0 Å². The van der Waals surface area contributed by atoms with Crippen LogP contribution in [0.1, 0.15) is 6.92 Å². The van der Waals surface area contributed by atoms with Crippen LogP contribution in [0.2, 0.25) is 0 Å². The summed E-state index contributed by atoms with van der Waals surface area (Å²) >= 11 is 0. The zero-order valence-electron chi connectivity index (χ0n) is 10.3. The fraction of sp³-hybridized carbons (Fsp3) is 0.600. The summed E-state index contributed by atoms with van der Waals surface area (Å²) in [5.74, 6) is 0. The van der Waals surface area contributed by atoms with Gasteiger partial charge in [0, 0.05) is 12.3 Å². The highest BCUT2D eigenvalue weighted by Gasteiger charge is 2.52. The van der Waals surface area contributed by atoms with Crippen molar-refractivity contribution >= 4 is 0 Å². The molecule has 9 nitrogen and oxygen atoms in total. The molecule has 1 aromatic rings. The van der Waals surface area contributed by atoms with Gasteiger partial charge < -0.3 is 26.2 Å². The van der Waals surface area contributed by atoms with Gasteiger partial charge in [-0.2, -0.15) is 0 Å². The third-order valence-electron chi connectivity index (χ3n) is 3.13. The Morgan fingerprint density at radius 3 is 2.58 bits per heavy atom. The minimum absolute atomic E-state index is 0. The Balaban J connectivity index is 0.00000180. The molecule has 19 heavy (non-hydrogen) atoms. The van der Waals surface area contributed by atoms with Crippen molar-refractivity contribution in [3.05, 3.63) is 33.1 Å². The summed E-state index contributed by atoms with van der Waals surface area (Å²) < 4.78 is 6.29. The van der Waals surface area contributed by atoms with Gasteiger partial charge in [-0.15, -0.1) is 0 Å². The third-order valence-corrected chi connectivity index (χ3v) is 3.13. The van der Waals surface area contributed by atoms with Crippen LogP contribution in [0.15, 0.2) is 21.9 Å². The van der Waals surface area contributed by atoms with Crippen LogP contribution >= 0.6 is 0 Å². The first kappa shape index (κ1) is 15.5. The molecule has 7 N–H and O–H groups in total. The predicted octanol–water partition coefficient (Wildman–Crippen LogP) is -2.52. The van der Waals surface area contributed by atoms with E-state index in [1.807, 2.05) is 4.98 Å². The number of aliphatic hydroxyl groups excluding tert-OH is 3. The first-order chi connectivity index (χ1) is 8.40. The van der Waals surface area contributed by atoms with Gasteiger partial charge in [-0.25, -0.2) is 4.79 Å². The van der Waals surface area contributed by atoms with Gasteiger partial charge in [0.1, 0.15) is 18.3 Å². The smallest absolute Gasteiger partial charge is 0.330 e. The molecule has 2 rings (SSSR count). The second kappa shape index (κ2) is 5.23. The SMILES string of the molecule is C[C@@]1(n2ccc(=O)[nH]c2=O)O[C@H](CO)[C@@H](O)[C@H]1O.N. The maximum Gasteiger partial charge on any atom is 0.330 e. The summed E-state index contributed by atoms with van der Waals surface area (Å²) in [5.41, 5.74) is -2.89. The molecule has 0 unspecified atom stereocenters. The van der Waals surface area contributed by atoms with Crippen molar-refractivity contribution in [3.63, 3.8) is 0 Å². The molecule has 9 heteroatoms. The maximum atomic E-state index is 11.7. The number of nitrogens with one attached hydrogen (secondary N) is 1. The number of hydrogen-bond donors (Lipinski definition) is 5. The zero-order chi connectivity index (χ0) is 13.5. The maximum absolute atomic E-state index is 11.7. The summed E-state index contributed by atoms with van der Waals surface area (Å²) in [6.45, 7) is 0.891. The molecule has 2 heterocycles. The summed E-state index contributed by atoms with van der Waals surface area (Å²) in [6, 6.07) is 1.10. The minimum atomic E-state index is -1.55. The van der Waals surface area contributed by atoms with E-state index in [0.717, 1.165) is 16.8 Å². The van der Waals surface area contributed by atoms with Gasteiger partial charge in [0.25, 0.3) is 5.56 Å².